The van der Waals surface area contributed by atoms with E-state index in [1.807, 2.05) is 0 Å². The van der Waals surface area contributed by atoms with E-state index < -0.39 is 56.3 Å². The molecule has 20 heteroatoms. The van der Waals surface area contributed by atoms with Crippen LogP contribution in [0.15, 0.2) is 48.9 Å². The molecular formula is C26H26F5N8O6P. The summed E-state index contributed by atoms with van der Waals surface area (Å²) >= 11 is 0. The fourth-order valence-corrected chi connectivity index (χ4v) is 4.72. The van der Waals surface area contributed by atoms with Crippen molar-refractivity contribution in [1.29, 1.82) is 0 Å². The molecule has 46 heavy (non-hydrogen) atoms. The summed E-state index contributed by atoms with van der Waals surface area (Å²) in [6.07, 6.45) is -2.62. The summed E-state index contributed by atoms with van der Waals surface area (Å²) in [4.78, 5) is 43.1. The third-order valence-electron chi connectivity index (χ3n) is 6.14. The molecule has 0 aliphatic carbocycles. The summed E-state index contributed by atoms with van der Waals surface area (Å²) in [5.41, 5.74) is -1.17. The molecule has 0 atom stereocenters. The van der Waals surface area contributed by atoms with Gasteiger partial charge in [-0.2, -0.15) is 23.3 Å². The van der Waals surface area contributed by atoms with Crippen molar-refractivity contribution in [3.8, 4) is 17.0 Å². The molecule has 0 bridgehead atoms. The predicted molar refractivity (Wildman–Crippen MR) is 153 cm³/mol. The molecule has 3 aromatic heterocycles. The van der Waals surface area contributed by atoms with Crippen molar-refractivity contribution in [2.24, 2.45) is 0 Å². The molecule has 4 rings (SSSR count). The highest BCUT2D eigenvalue weighted by atomic mass is 31.2. The second-order valence-electron chi connectivity index (χ2n) is 9.67. The zero-order chi connectivity index (χ0) is 33.9. The largest absolute Gasteiger partial charge is 0.495 e. The van der Waals surface area contributed by atoms with Gasteiger partial charge in [0.25, 0.3) is 11.8 Å². The van der Waals surface area contributed by atoms with Crippen LogP contribution in [0.3, 0.4) is 0 Å². The highest BCUT2D eigenvalue weighted by Gasteiger charge is 2.36. The third kappa shape index (κ3) is 8.51. The minimum absolute atomic E-state index is 0.0816. The van der Waals surface area contributed by atoms with Crippen molar-refractivity contribution >= 4 is 36.6 Å². The first kappa shape index (κ1) is 34.2. The zero-order valence-corrected chi connectivity index (χ0v) is 24.8. The van der Waals surface area contributed by atoms with E-state index in [0.29, 0.717) is 6.20 Å². The molecule has 1 amide bonds. The van der Waals surface area contributed by atoms with E-state index in [4.69, 9.17) is 9.84 Å². The number of benzene rings is 1. The number of anilines is 4. The van der Waals surface area contributed by atoms with Crippen molar-refractivity contribution in [1.82, 2.24) is 30.0 Å². The van der Waals surface area contributed by atoms with Crippen LogP contribution in [-0.4, -0.2) is 72.2 Å². The number of carbonyl (C=O) groups is 1. The standard InChI is InChI=1S/C26H26F5N8O6P/c1-32-23(41)21-19(6-5-17(35-21)15-8-34-39(10-15)12-25(27,28)13-40)36-22-16(26(29,30)31)9-33-24(38-22)37-18-4-3-14(7-20(18)45-2)11-46(42,43)44/h3-10,40H,11-13H2,1-2H3,(H,32,41)(H2,42,43,44)(H2,33,36,37,38). The Kier molecular flexibility index (Phi) is 9.91. The van der Waals surface area contributed by atoms with Gasteiger partial charge in [0.05, 0.1) is 36.5 Å². The lowest BCUT2D eigenvalue weighted by atomic mass is 10.1. The number of amides is 1. The van der Waals surface area contributed by atoms with E-state index in [2.05, 4.69) is 36.0 Å². The number of aromatic nitrogens is 5. The molecule has 0 saturated carbocycles. The van der Waals surface area contributed by atoms with Crippen molar-refractivity contribution < 1.29 is 50.9 Å². The van der Waals surface area contributed by atoms with Gasteiger partial charge in [0.15, 0.2) is 5.69 Å². The van der Waals surface area contributed by atoms with Crippen molar-refractivity contribution in [2.75, 3.05) is 31.4 Å². The Bertz CT molecular complexity index is 1780. The Balaban J connectivity index is 1.69. The first-order chi connectivity index (χ1) is 21.5. The highest BCUT2D eigenvalue weighted by Crippen LogP contribution is 2.41. The van der Waals surface area contributed by atoms with Crippen LogP contribution in [0.5, 0.6) is 5.75 Å². The van der Waals surface area contributed by atoms with Gasteiger partial charge in [-0.05, 0) is 29.8 Å². The second kappa shape index (κ2) is 13.3. The molecule has 4 aromatic rings. The first-order valence-corrected chi connectivity index (χ1v) is 14.8. The molecular weight excluding hydrogens is 646 g/mol. The number of nitrogens with zero attached hydrogens (tertiary/aromatic N) is 5. The number of methoxy groups -OCH3 is 1. The first-order valence-electron chi connectivity index (χ1n) is 13.0. The summed E-state index contributed by atoms with van der Waals surface area (Å²) in [5.74, 6) is -5.26. The van der Waals surface area contributed by atoms with Crippen LogP contribution in [0.2, 0.25) is 0 Å². The smallest absolute Gasteiger partial charge is 0.421 e. The van der Waals surface area contributed by atoms with Crippen molar-refractivity contribution in [2.45, 2.75) is 24.8 Å². The lowest BCUT2D eigenvalue weighted by Gasteiger charge is -2.17. The van der Waals surface area contributed by atoms with Gasteiger partial charge in [-0.3, -0.25) is 14.0 Å². The summed E-state index contributed by atoms with van der Waals surface area (Å²) in [7, 11) is -1.85. The van der Waals surface area contributed by atoms with Crippen LogP contribution in [0, 0.1) is 0 Å². The minimum Gasteiger partial charge on any atom is -0.495 e. The number of hydrogen-bond donors (Lipinski definition) is 6. The van der Waals surface area contributed by atoms with Gasteiger partial charge in [0.2, 0.25) is 5.95 Å². The molecule has 0 aliphatic rings. The number of halogens is 5. The second-order valence-corrected chi connectivity index (χ2v) is 11.3. The average Bonchev–Trinajstić information content (AvgIpc) is 3.44. The van der Waals surface area contributed by atoms with E-state index in [0.717, 1.165) is 4.68 Å². The van der Waals surface area contributed by atoms with Crippen LogP contribution < -0.4 is 20.7 Å². The Hall–Kier alpha value is -4.71. The van der Waals surface area contributed by atoms with Gasteiger partial charge in [-0.15, -0.1) is 0 Å². The Labute approximate surface area is 256 Å². The number of carbonyl (C=O) groups excluding carboxylic acids is 1. The van der Waals surface area contributed by atoms with E-state index in [-0.39, 0.29) is 45.6 Å². The number of hydrogen-bond acceptors (Lipinski definition) is 10. The fraction of sp³-hybridized carbons (Fsp3) is 0.269. The molecule has 0 radical (unpaired) electrons. The predicted octanol–water partition coefficient (Wildman–Crippen LogP) is 3.91. The topological polar surface area (TPSA) is 197 Å². The van der Waals surface area contributed by atoms with E-state index in [1.54, 1.807) is 0 Å². The van der Waals surface area contributed by atoms with E-state index in [1.165, 1.54) is 56.9 Å². The maximum absolute atomic E-state index is 14.0. The molecule has 1 aromatic carbocycles. The summed E-state index contributed by atoms with van der Waals surface area (Å²) in [5, 5.41) is 20.1. The molecule has 0 fully saturated rings. The van der Waals surface area contributed by atoms with Crippen molar-refractivity contribution in [3.63, 3.8) is 0 Å². The normalized spacial score (nSPS) is 12.1. The monoisotopic (exact) mass is 672 g/mol. The summed E-state index contributed by atoms with van der Waals surface area (Å²) in [6.45, 7) is -2.33. The van der Waals surface area contributed by atoms with Gasteiger partial charge in [0.1, 0.15) is 30.3 Å². The van der Waals surface area contributed by atoms with Gasteiger partial charge in [-0.1, -0.05) is 6.07 Å². The number of ether oxygens (including phenoxy) is 1. The van der Waals surface area contributed by atoms with Gasteiger partial charge >= 0.3 is 13.8 Å². The number of pyridine rings is 1. The van der Waals surface area contributed by atoms with Crippen LogP contribution in [0.1, 0.15) is 21.6 Å². The number of aliphatic hydroxyl groups excluding tert-OH is 1. The average molecular weight is 673 g/mol. The summed E-state index contributed by atoms with van der Waals surface area (Å²) < 4.78 is 86.5. The highest BCUT2D eigenvalue weighted by molar-refractivity contribution is 7.50. The molecule has 246 valence electrons. The fourth-order valence-electron chi connectivity index (χ4n) is 4.05. The van der Waals surface area contributed by atoms with Crippen LogP contribution in [0.25, 0.3) is 11.3 Å². The van der Waals surface area contributed by atoms with Crippen LogP contribution >= 0.6 is 7.60 Å². The maximum atomic E-state index is 14.0. The van der Waals surface area contributed by atoms with Crippen LogP contribution in [0.4, 0.5) is 45.1 Å². The Morgan fingerprint density at radius 3 is 2.39 bits per heavy atom. The summed E-state index contributed by atoms with van der Waals surface area (Å²) in [6, 6.07) is 6.63. The number of alkyl halides is 5. The molecule has 6 N–H and O–H groups in total. The number of nitrogens with one attached hydrogen (secondary N) is 3. The quantitative estimate of drug-likeness (QED) is 0.0939. The lowest BCUT2D eigenvalue weighted by Crippen LogP contribution is -2.28. The van der Waals surface area contributed by atoms with Crippen LogP contribution in [-0.2, 0) is 23.4 Å². The van der Waals surface area contributed by atoms with Gasteiger partial charge in [0, 0.05) is 25.0 Å². The third-order valence-corrected chi connectivity index (χ3v) is 6.92. The van der Waals surface area contributed by atoms with Gasteiger partial charge < -0.3 is 35.6 Å². The Morgan fingerprint density at radius 1 is 1.04 bits per heavy atom. The number of rotatable bonds is 12. The van der Waals surface area contributed by atoms with E-state index >= 15 is 0 Å². The molecule has 0 spiro atoms. The lowest BCUT2D eigenvalue weighted by molar-refractivity contribution is -0.137. The molecule has 3 heterocycles. The van der Waals surface area contributed by atoms with Crippen molar-refractivity contribution in [3.05, 3.63) is 65.7 Å². The molecule has 0 aliphatic heterocycles. The molecule has 0 saturated heterocycles. The Morgan fingerprint density at radius 2 is 1.76 bits per heavy atom. The number of aliphatic hydroxyl groups is 1. The SMILES string of the molecule is CNC(=O)c1nc(-c2cnn(CC(F)(F)CO)c2)ccc1Nc1nc(Nc2ccc(CP(=O)(O)O)cc2OC)ncc1C(F)(F)F. The van der Waals surface area contributed by atoms with Gasteiger partial charge in [-0.25, -0.2) is 18.7 Å². The minimum atomic E-state index is -4.94. The molecule has 0 unspecified atom stereocenters. The maximum Gasteiger partial charge on any atom is 0.421 e. The zero-order valence-electron chi connectivity index (χ0n) is 23.9. The molecule has 14 nitrogen and oxygen atoms in total. The van der Waals surface area contributed by atoms with E-state index in [9.17, 15) is 41.1 Å².